The molecule has 0 saturated heterocycles. The van der Waals surface area contributed by atoms with Crippen molar-refractivity contribution in [3.05, 3.63) is 84.6 Å². The molecular formula is C25H31N2O6S2+. The van der Waals surface area contributed by atoms with Crippen LogP contribution in [-0.4, -0.2) is 54.3 Å². The van der Waals surface area contributed by atoms with E-state index >= 15 is 0 Å². The predicted molar refractivity (Wildman–Crippen MR) is 139 cm³/mol. The van der Waals surface area contributed by atoms with Gasteiger partial charge in [0.15, 0.2) is 5.71 Å². The molecule has 1 atom stereocenters. The van der Waals surface area contributed by atoms with E-state index < -0.39 is 25.7 Å². The van der Waals surface area contributed by atoms with Crippen LogP contribution in [-0.2, 0) is 25.7 Å². The van der Waals surface area contributed by atoms with Crippen LogP contribution in [0.4, 0.5) is 11.4 Å². The molecule has 3 N–H and O–H groups in total. The number of fused-ring (bicyclic) bond motifs is 1. The smallest absolute Gasteiger partial charge is 0.265 e. The Hall–Kier alpha value is -2.79. The number of para-hydroxylation sites is 2. The lowest BCUT2D eigenvalue weighted by atomic mass is 9.76. The molecule has 1 unspecified atom stereocenters. The molecule has 0 amide bonds. The van der Waals surface area contributed by atoms with Gasteiger partial charge in [-0.1, -0.05) is 42.5 Å². The van der Waals surface area contributed by atoms with Crippen molar-refractivity contribution in [2.24, 2.45) is 0 Å². The number of allylic oxidation sites excluding steroid dienone is 3. The average Bonchev–Trinajstić information content (AvgIpc) is 3.01. The fraction of sp³-hybridized carbons (Fsp3) is 0.320. The van der Waals surface area contributed by atoms with Crippen molar-refractivity contribution in [3.8, 4) is 0 Å². The van der Waals surface area contributed by atoms with Crippen LogP contribution in [0.15, 0.2) is 79.0 Å². The van der Waals surface area contributed by atoms with Crippen molar-refractivity contribution < 1.29 is 30.5 Å². The van der Waals surface area contributed by atoms with Gasteiger partial charge in [-0.3, -0.25) is 9.11 Å². The van der Waals surface area contributed by atoms with Crippen LogP contribution in [0, 0.1) is 0 Å². The Morgan fingerprint density at radius 3 is 2.20 bits per heavy atom. The summed E-state index contributed by atoms with van der Waals surface area (Å²) in [5.74, 6) is -0.700. The summed E-state index contributed by atoms with van der Waals surface area (Å²) in [5.41, 5.74) is 3.17. The summed E-state index contributed by atoms with van der Waals surface area (Å²) >= 11 is 0. The Kier molecular flexibility index (Phi) is 8.65. The number of nitrogens with one attached hydrogen (secondary N) is 1. The quantitative estimate of drug-likeness (QED) is 0.218. The fourth-order valence-corrected chi connectivity index (χ4v) is 5.42. The van der Waals surface area contributed by atoms with Crippen LogP contribution in [0.5, 0.6) is 0 Å². The van der Waals surface area contributed by atoms with Gasteiger partial charge in [-0.25, -0.2) is 0 Å². The molecule has 0 radical (unpaired) electrons. The topological polar surface area (TPSA) is 124 Å². The van der Waals surface area contributed by atoms with Gasteiger partial charge in [0.25, 0.3) is 20.2 Å². The maximum absolute atomic E-state index is 11.3. The van der Waals surface area contributed by atoms with Gasteiger partial charge < -0.3 is 5.32 Å². The number of rotatable bonds is 12. The summed E-state index contributed by atoms with van der Waals surface area (Å²) in [6.45, 7) is 2.38. The molecule has 1 aliphatic rings. The average molecular weight is 520 g/mol. The fourth-order valence-electron chi connectivity index (χ4n) is 4.41. The zero-order valence-corrected chi connectivity index (χ0v) is 21.2. The zero-order chi connectivity index (χ0) is 25.5. The van der Waals surface area contributed by atoms with Crippen molar-refractivity contribution >= 4 is 37.3 Å². The summed E-state index contributed by atoms with van der Waals surface area (Å²) in [5, 5.41) is 3.18. The molecule has 188 valence electrons. The predicted octanol–water partition coefficient (Wildman–Crippen LogP) is 4.17. The highest BCUT2D eigenvalue weighted by Gasteiger charge is 2.47. The van der Waals surface area contributed by atoms with Crippen LogP contribution >= 0.6 is 0 Å². The second-order valence-corrected chi connectivity index (χ2v) is 11.8. The molecule has 2 aromatic rings. The lowest BCUT2D eigenvalue weighted by molar-refractivity contribution is -0.437. The SMILES string of the molecule is CC1(CCCS(=O)(=O)O)C(/C=C/C=C/Nc2ccccc2)=[N+](CCCS(=O)(=O)O)c2ccccc21. The van der Waals surface area contributed by atoms with E-state index in [-0.39, 0.29) is 24.3 Å². The Bertz CT molecular complexity index is 1330. The van der Waals surface area contributed by atoms with Crippen LogP contribution < -0.4 is 5.32 Å². The highest BCUT2D eigenvalue weighted by molar-refractivity contribution is 7.86. The maximum Gasteiger partial charge on any atom is 0.265 e. The first-order valence-corrected chi connectivity index (χ1v) is 14.5. The van der Waals surface area contributed by atoms with E-state index in [0.717, 1.165) is 22.6 Å². The number of benzene rings is 2. The largest absolute Gasteiger partial charge is 0.362 e. The van der Waals surface area contributed by atoms with Crippen molar-refractivity contribution in [1.82, 2.24) is 0 Å². The Labute approximate surface area is 207 Å². The van der Waals surface area contributed by atoms with Gasteiger partial charge in [-0.05, 0) is 38.0 Å². The molecule has 2 aromatic carbocycles. The lowest BCUT2D eigenvalue weighted by Gasteiger charge is -2.22. The van der Waals surface area contributed by atoms with Gasteiger partial charge in [0.2, 0.25) is 5.69 Å². The third-order valence-electron chi connectivity index (χ3n) is 5.99. The standard InChI is InChI=1S/C25H30N2O6S2/c1-25(16-9-19-34(28,29)30)22-13-5-6-14-23(22)27(18-10-20-35(31,32)33)24(25)15-7-8-17-26-21-11-3-2-4-12-21/h2-8,11-15,17H,9-10,16,18-20H2,1H3,(H2,28,29,30,31,32,33)/p+1. The molecule has 0 bridgehead atoms. The molecule has 0 saturated carbocycles. The molecule has 8 nitrogen and oxygen atoms in total. The van der Waals surface area contributed by atoms with Gasteiger partial charge >= 0.3 is 0 Å². The zero-order valence-electron chi connectivity index (χ0n) is 19.5. The molecule has 0 aliphatic carbocycles. The van der Waals surface area contributed by atoms with Crippen molar-refractivity contribution in [2.75, 3.05) is 23.4 Å². The van der Waals surface area contributed by atoms with Gasteiger partial charge in [-0.15, -0.1) is 0 Å². The van der Waals surface area contributed by atoms with E-state index in [1.54, 1.807) is 6.20 Å². The minimum atomic E-state index is -4.09. The van der Waals surface area contributed by atoms with Gasteiger partial charge in [0, 0.05) is 36.0 Å². The molecule has 10 heteroatoms. The Morgan fingerprint density at radius 1 is 0.886 bits per heavy atom. The normalized spacial score (nSPS) is 18.5. The highest BCUT2D eigenvalue weighted by Crippen LogP contribution is 2.43. The molecule has 1 aliphatic heterocycles. The number of anilines is 1. The minimum Gasteiger partial charge on any atom is -0.362 e. The van der Waals surface area contributed by atoms with E-state index in [9.17, 15) is 25.9 Å². The highest BCUT2D eigenvalue weighted by atomic mass is 32.2. The first kappa shape index (κ1) is 26.8. The molecule has 3 rings (SSSR count). The summed E-state index contributed by atoms with van der Waals surface area (Å²) in [6, 6.07) is 17.4. The first-order valence-electron chi connectivity index (χ1n) is 11.3. The monoisotopic (exact) mass is 519 g/mol. The van der Waals surface area contributed by atoms with E-state index in [0.29, 0.717) is 13.0 Å². The lowest BCUT2D eigenvalue weighted by Crippen LogP contribution is -2.32. The second-order valence-electron chi connectivity index (χ2n) is 8.64. The van der Waals surface area contributed by atoms with Crippen molar-refractivity contribution in [2.45, 2.75) is 31.6 Å². The van der Waals surface area contributed by atoms with Crippen LogP contribution in [0.3, 0.4) is 0 Å². The first-order chi connectivity index (χ1) is 16.5. The Balaban J connectivity index is 1.92. The summed E-state index contributed by atoms with van der Waals surface area (Å²) in [4.78, 5) is 0. The van der Waals surface area contributed by atoms with Crippen LogP contribution in [0.1, 0.15) is 31.7 Å². The van der Waals surface area contributed by atoms with Gasteiger partial charge in [-0.2, -0.15) is 21.4 Å². The maximum atomic E-state index is 11.3. The van der Waals surface area contributed by atoms with E-state index in [1.807, 2.05) is 84.3 Å². The summed E-state index contributed by atoms with van der Waals surface area (Å²) in [6.07, 6.45) is 8.38. The van der Waals surface area contributed by atoms with E-state index in [4.69, 9.17) is 0 Å². The number of nitrogens with zero attached hydrogens (tertiary/aromatic N) is 1. The van der Waals surface area contributed by atoms with Gasteiger partial charge in [0.1, 0.15) is 6.54 Å². The van der Waals surface area contributed by atoms with E-state index in [2.05, 4.69) is 5.32 Å². The third kappa shape index (κ3) is 7.60. The number of hydrogen-bond donors (Lipinski definition) is 3. The van der Waals surface area contributed by atoms with Crippen LogP contribution in [0.25, 0.3) is 0 Å². The van der Waals surface area contributed by atoms with Crippen molar-refractivity contribution in [3.63, 3.8) is 0 Å². The van der Waals surface area contributed by atoms with Crippen LogP contribution in [0.2, 0.25) is 0 Å². The second kappa shape index (κ2) is 11.3. The molecular weight excluding hydrogens is 488 g/mol. The number of hydrogen-bond acceptors (Lipinski definition) is 5. The molecule has 35 heavy (non-hydrogen) atoms. The van der Waals surface area contributed by atoms with Gasteiger partial charge in [0.05, 0.1) is 16.9 Å². The summed E-state index contributed by atoms with van der Waals surface area (Å²) < 4.78 is 65.6. The third-order valence-corrected chi connectivity index (χ3v) is 7.60. The van der Waals surface area contributed by atoms with E-state index in [1.165, 1.54) is 0 Å². The molecule has 0 aromatic heterocycles. The summed E-state index contributed by atoms with van der Waals surface area (Å²) in [7, 11) is -8.18. The Morgan fingerprint density at radius 2 is 1.51 bits per heavy atom. The van der Waals surface area contributed by atoms with Crippen molar-refractivity contribution in [1.29, 1.82) is 0 Å². The minimum absolute atomic E-state index is 0.219. The molecule has 1 heterocycles. The molecule has 0 fully saturated rings. The molecule has 0 spiro atoms.